The zero-order valence-corrected chi connectivity index (χ0v) is 7.60. The van der Waals surface area contributed by atoms with Gasteiger partial charge in [-0.25, -0.2) is 0 Å². The molecular formula is C4H9Cl2NO2S. The fourth-order valence-corrected chi connectivity index (χ4v) is 0.699. The van der Waals surface area contributed by atoms with Crippen molar-refractivity contribution in [3.63, 3.8) is 0 Å². The molecule has 0 radical (unpaired) electrons. The van der Waals surface area contributed by atoms with Crippen LogP contribution >= 0.6 is 34.1 Å². The molecule has 0 aromatic rings. The van der Waals surface area contributed by atoms with Gasteiger partial charge in [-0.05, 0) is 21.7 Å². The van der Waals surface area contributed by atoms with E-state index in [2.05, 4.69) is 4.74 Å². The molecule has 0 amide bonds. The van der Waals surface area contributed by atoms with Crippen LogP contribution in [-0.4, -0.2) is 24.9 Å². The van der Waals surface area contributed by atoms with E-state index in [9.17, 15) is 4.79 Å². The molecule has 0 aliphatic carbocycles. The first kappa shape index (κ1) is 13.0. The summed E-state index contributed by atoms with van der Waals surface area (Å²) in [6.45, 7) is 0.634. The molecule has 3 nitrogen and oxygen atoms in total. The molecule has 0 saturated heterocycles. The van der Waals surface area contributed by atoms with Crippen LogP contribution in [0.4, 0.5) is 0 Å². The average Bonchev–Trinajstić information content (AvgIpc) is 1.85. The number of ether oxygens (including phenoxy) is 1. The van der Waals surface area contributed by atoms with Gasteiger partial charge in [0.25, 0.3) is 0 Å². The van der Waals surface area contributed by atoms with Crippen LogP contribution in [0.1, 0.15) is 0 Å². The number of hydrogen-bond acceptors (Lipinski definition) is 4. The molecule has 0 spiro atoms. The van der Waals surface area contributed by atoms with Crippen molar-refractivity contribution >= 4 is 40.0 Å². The summed E-state index contributed by atoms with van der Waals surface area (Å²) in [5.74, 6) is -0.137. The van der Waals surface area contributed by atoms with Crippen LogP contribution in [0.3, 0.4) is 0 Å². The second-order valence-electron chi connectivity index (χ2n) is 1.26. The third-order valence-corrected chi connectivity index (χ3v) is 1.23. The number of carbonyl (C=O) groups is 1. The highest BCUT2D eigenvalue weighted by atomic mass is 35.7. The molecule has 0 aliphatic rings. The van der Waals surface area contributed by atoms with E-state index in [0.717, 1.165) is 11.0 Å². The van der Waals surface area contributed by atoms with Gasteiger partial charge in [0, 0.05) is 6.54 Å². The molecule has 0 aromatic heterocycles. The third kappa shape index (κ3) is 8.36. The molecule has 6 heteroatoms. The van der Waals surface area contributed by atoms with Crippen LogP contribution in [0.5, 0.6) is 0 Å². The van der Waals surface area contributed by atoms with Gasteiger partial charge in [-0.15, -0.1) is 12.4 Å². The zero-order chi connectivity index (χ0) is 7.11. The predicted octanol–water partition coefficient (Wildman–Crippen LogP) is 0.797. The van der Waals surface area contributed by atoms with Crippen LogP contribution < -0.4 is 5.73 Å². The van der Waals surface area contributed by atoms with Crippen molar-refractivity contribution in [2.45, 2.75) is 0 Å². The Bertz CT molecular complexity index is 93.3. The highest BCUT2D eigenvalue weighted by Gasteiger charge is 1.98. The Kier molecular flexibility index (Phi) is 12.2. The molecule has 62 valence electrons. The maximum Gasteiger partial charge on any atom is 0.317 e. The largest absolute Gasteiger partial charge is 0.464 e. The van der Waals surface area contributed by atoms with Gasteiger partial charge >= 0.3 is 5.97 Å². The van der Waals surface area contributed by atoms with Gasteiger partial charge in [-0.3, -0.25) is 4.79 Å². The summed E-state index contributed by atoms with van der Waals surface area (Å²) in [6, 6.07) is 0. The summed E-state index contributed by atoms with van der Waals surface area (Å²) in [4.78, 5) is 10.4. The Labute approximate surface area is 74.5 Å². The Morgan fingerprint density at radius 2 is 2.30 bits per heavy atom. The Hall–Kier alpha value is 0.360. The molecule has 0 rings (SSSR count). The molecule has 0 aromatic carbocycles. The summed E-state index contributed by atoms with van der Waals surface area (Å²) in [6.07, 6.45) is 0. The maximum atomic E-state index is 10.4. The van der Waals surface area contributed by atoms with E-state index in [1.54, 1.807) is 0 Å². The third-order valence-electron chi connectivity index (χ3n) is 0.553. The van der Waals surface area contributed by atoms with E-state index in [-0.39, 0.29) is 30.7 Å². The minimum Gasteiger partial charge on any atom is -0.464 e. The number of hydrogen-bond donors (Lipinski definition) is 1. The predicted molar refractivity (Wildman–Crippen MR) is 45.6 cm³/mol. The highest BCUT2D eigenvalue weighted by molar-refractivity contribution is 8.21. The second kappa shape index (κ2) is 9.36. The quantitative estimate of drug-likeness (QED) is 0.691. The van der Waals surface area contributed by atoms with Crippen molar-refractivity contribution in [2.24, 2.45) is 5.73 Å². The molecule has 10 heavy (non-hydrogen) atoms. The highest BCUT2D eigenvalue weighted by Crippen LogP contribution is 2.04. The van der Waals surface area contributed by atoms with Crippen molar-refractivity contribution in [1.82, 2.24) is 0 Å². The normalized spacial score (nSPS) is 8.20. The van der Waals surface area contributed by atoms with Crippen molar-refractivity contribution in [2.75, 3.05) is 18.9 Å². The fourth-order valence-electron chi connectivity index (χ4n) is 0.259. The lowest BCUT2D eigenvalue weighted by molar-refractivity contribution is -0.140. The van der Waals surface area contributed by atoms with Gasteiger partial charge in [0.05, 0.1) is 0 Å². The fraction of sp³-hybridized carbons (Fsp3) is 0.750. The molecule has 0 atom stereocenters. The topological polar surface area (TPSA) is 52.3 Å². The van der Waals surface area contributed by atoms with Crippen LogP contribution in [0.15, 0.2) is 0 Å². The summed E-state index contributed by atoms with van der Waals surface area (Å²) < 4.78 is 4.56. The first-order chi connectivity index (χ1) is 4.31. The Morgan fingerprint density at radius 3 is 2.70 bits per heavy atom. The Morgan fingerprint density at radius 1 is 1.70 bits per heavy atom. The summed E-state index contributed by atoms with van der Waals surface area (Å²) in [5, 5.41) is 0. The number of carbonyl (C=O) groups excluding carboxylic acids is 1. The van der Waals surface area contributed by atoms with Gasteiger partial charge in [0.15, 0.2) is 0 Å². The molecule has 0 fully saturated rings. The minimum absolute atomic E-state index is 0. The van der Waals surface area contributed by atoms with E-state index >= 15 is 0 Å². The van der Waals surface area contributed by atoms with Gasteiger partial charge in [-0.2, -0.15) is 0 Å². The van der Waals surface area contributed by atoms with Crippen LogP contribution in [0, 0.1) is 0 Å². The number of esters is 1. The van der Waals surface area contributed by atoms with Crippen molar-refractivity contribution < 1.29 is 9.53 Å². The maximum absolute atomic E-state index is 10.4. The molecule has 0 heterocycles. The number of rotatable bonds is 4. The first-order valence-electron chi connectivity index (χ1n) is 2.40. The van der Waals surface area contributed by atoms with Gasteiger partial charge in [-0.1, -0.05) is 0 Å². The van der Waals surface area contributed by atoms with E-state index in [1.165, 1.54) is 0 Å². The van der Waals surface area contributed by atoms with E-state index < -0.39 is 0 Å². The molecule has 0 aliphatic heterocycles. The van der Waals surface area contributed by atoms with Gasteiger partial charge in [0.1, 0.15) is 12.4 Å². The number of halogens is 2. The van der Waals surface area contributed by atoms with Crippen LogP contribution in [-0.2, 0) is 9.53 Å². The molecule has 0 unspecified atom stereocenters. The lowest BCUT2D eigenvalue weighted by atomic mass is 10.7. The van der Waals surface area contributed by atoms with Gasteiger partial charge in [0.2, 0.25) is 0 Å². The standard InChI is InChI=1S/C4H8ClNO2S.ClH/c5-9-3-4(7)8-2-1-6;/h1-3,6H2;1H. The minimum atomic E-state index is -0.319. The average molecular weight is 206 g/mol. The lowest BCUT2D eigenvalue weighted by Gasteiger charge is -1.98. The zero-order valence-electron chi connectivity index (χ0n) is 5.21. The summed E-state index contributed by atoms with van der Waals surface area (Å²) in [7, 11) is 6.08. The summed E-state index contributed by atoms with van der Waals surface area (Å²) >= 11 is 0. The molecule has 0 saturated carbocycles. The van der Waals surface area contributed by atoms with Crippen LogP contribution in [0.25, 0.3) is 0 Å². The second-order valence-corrected chi connectivity index (χ2v) is 2.42. The van der Waals surface area contributed by atoms with Gasteiger partial charge < -0.3 is 10.5 Å². The lowest BCUT2D eigenvalue weighted by Crippen LogP contribution is -2.14. The van der Waals surface area contributed by atoms with E-state index in [4.69, 9.17) is 16.4 Å². The smallest absolute Gasteiger partial charge is 0.317 e. The van der Waals surface area contributed by atoms with E-state index in [0.29, 0.717) is 6.54 Å². The van der Waals surface area contributed by atoms with Crippen molar-refractivity contribution in [3.8, 4) is 0 Å². The van der Waals surface area contributed by atoms with E-state index in [1.807, 2.05) is 0 Å². The summed E-state index contributed by atoms with van der Waals surface area (Å²) in [5.41, 5.74) is 5.06. The SMILES string of the molecule is Cl.NCCOC(=O)CSCl. The monoisotopic (exact) mass is 205 g/mol. The van der Waals surface area contributed by atoms with Crippen LogP contribution in [0.2, 0.25) is 0 Å². The first-order valence-corrected chi connectivity index (χ1v) is 4.21. The molecule has 0 bridgehead atoms. The number of nitrogens with two attached hydrogens (primary N) is 1. The van der Waals surface area contributed by atoms with Crippen molar-refractivity contribution in [3.05, 3.63) is 0 Å². The molecule has 2 N–H and O–H groups in total. The Balaban J connectivity index is 0. The molecular weight excluding hydrogens is 197 g/mol. The van der Waals surface area contributed by atoms with Crippen molar-refractivity contribution in [1.29, 1.82) is 0 Å².